The maximum absolute atomic E-state index is 11.9. The Morgan fingerprint density at radius 3 is 2.89 bits per heavy atom. The van der Waals surface area contributed by atoms with E-state index in [-0.39, 0.29) is 5.97 Å². The Morgan fingerprint density at radius 2 is 2.33 bits per heavy atom. The van der Waals surface area contributed by atoms with Crippen LogP contribution in [0.25, 0.3) is 0 Å². The number of hydrogen-bond acceptors (Lipinski definition) is 4. The quantitative estimate of drug-likeness (QED) is 0.804. The summed E-state index contributed by atoms with van der Waals surface area (Å²) in [5, 5.41) is 0. The number of aromatic nitrogens is 1. The molecule has 6 heteroatoms. The molecule has 0 aliphatic carbocycles. The summed E-state index contributed by atoms with van der Waals surface area (Å²) in [6, 6.07) is 3.20. The molecule has 1 aromatic rings. The van der Waals surface area contributed by atoms with Gasteiger partial charge in [-0.15, -0.1) is 0 Å². The smallest absolute Gasteiger partial charge is 0.335 e. The van der Waals surface area contributed by atoms with Crippen molar-refractivity contribution in [2.45, 2.75) is 26.0 Å². The fourth-order valence-corrected chi connectivity index (χ4v) is 2.29. The molecule has 0 spiro atoms. The monoisotopic (exact) mass is 314 g/mol. The average molecular weight is 315 g/mol. The van der Waals surface area contributed by atoms with E-state index in [0.717, 1.165) is 10.3 Å². The second-order valence-corrected chi connectivity index (χ2v) is 4.84. The lowest BCUT2D eigenvalue weighted by Gasteiger charge is -2.17. The maximum atomic E-state index is 11.9. The molecule has 1 aliphatic heterocycles. The highest BCUT2D eigenvalue weighted by molar-refractivity contribution is 9.10. The van der Waals surface area contributed by atoms with Gasteiger partial charge in [0, 0.05) is 14.0 Å². The van der Waals surface area contributed by atoms with Crippen LogP contribution in [0.3, 0.4) is 0 Å². The van der Waals surface area contributed by atoms with Crippen LogP contribution in [0, 0.1) is 0 Å². The van der Waals surface area contributed by atoms with Gasteiger partial charge in [-0.25, -0.2) is 9.79 Å². The number of hydrogen-bond donors (Lipinski definition) is 0. The van der Waals surface area contributed by atoms with E-state index in [2.05, 4.69) is 20.9 Å². The van der Waals surface area contributed by atoms with Crippen LogP contribution in [-0.2, 0) is 21.3 Å². The van der Waals surface area contributed by atoms with Gasteiger partial charge in [0.2, 0.25) is 0 Å². The Balaban J connectivity index is 2.27. The van der Waals surface area contributed by atoms with E-state index in [4.69, 9.17) is 9.47 Å². The molecule has 0 saturated carbocycles. The van der Waals surface area contributed by atoms with Crippen molar-refractivity contribution in [1.29, 1.82) is 0 Å². The zero-order chi connectivity index (χ0) is 13.3. The molecule has 1 aliphatic rings. The van der Waals surface area contributed by atoms with Crippen LogP contribution in [0.1, 0.15) is 25.6 Å². The topological polar surface area (TPSA) is 52.8 Å². The van der Waals surface area contributed by atoms with Gasteiger partial charge in [-0.1, -0.05) is 0 Å². The predicted molar refractivity (Wildman–Crippen MR) is 70.5 cm³/mol. The van der Waals surface area contributed by atoms with E-state index in [0.29, 0.717) is 12.5 Å². The van der Waals surface area contributed by atoms with Gasteiger partial charge in [0.1, 0.15) is 0 Å². The van der Waals surface area contributed by atoms with Crippen molar-refractivity contribution >= 4 is 27.8 Å². The largest absolute Gasteiger partial charge is 0.469 e. The molecule has 2 rings (SSSR count). The van der Waals surface area contributed by atoms with Crippen molar-refractivity contribution in [2.75, 3.05) is 6.61 Å². The Morgan fingerprint density at radius 1 is 1.61 bits per heavy atom. The fourth-order valence-electron chi connectivity index (χ4n) is 1.96. The number of nitrogens with zero attached hydrogens (tertiary/aromatic N) is 2. The summed E-state index contributed by atoms with van der Waals surface area (Å²) in [5.41, 5.74) is 0.889. The second kappa shape index (κ2) is 5.14. The zero-order valence-electron chi connectivity index (χ0n) is 10.5. The molecule has 98 valence electrons. The van der Waals surface area contributed by atoms with Crippen molar-refractivity contribution in [2.24, 2.45) is 12.0 Å². The molecular formula is C12H15BrN2O3. The molecule has 0 amide bonds. The van der Waals surface area contributed by atoms with Gasteiger partial charge in [0.25, 0.3) is 0 Å². The van der Waals surface area contributed by atoms with Gasteiger partial charge in [-0.3, -0.25) is 0 Å². The summed E-state index contributed by atoms with van der Waals surface area (Å²) in [5.74, 6) is 0.159. The molecule has 2 unspecified atom stereocenters. The van der Waals surface area contributed by atoms with Crippen LogP contribution < -0.4 is 0 Å². The van der Waals surface area contributed by atoms with Crippen molar-refractivity contribution in [1.82, 2.24) is 4.57 Å². The first-order chi connectivity index (χ1) is 8.54. The van der Waals surface area contributed by atoms with E-state index in [1.807, 2.05) is 23.7 Å². The molecule has 0 fully saturated rings. The van der Waals surface area contributed by atoms with Gasteiger partial charge in [-0.2, -0.15) is 0 Å². The maximum Gasteiger partial charge on any atom is 0.335 e. The molecule has 0 N–H and O–H groups in total. The molecule has 1 aromatic heterocycles. The molecule has 0 aromatic carbocycles. The van der Waals surface area contributed by atoms with Gasteiger partial charge >= 0.3 is 5.97 Å². The number of halogens is 1. The number of ether oxygens (including phenoxy) is 2. The third kappa shape index (κ3) is 2.29. The molecule has 0 saturated heterocycles. The van der Waals surface area contributed by atoms with E-state index in [1.165, 1.54) is 0 Å². The summed E-state index contributed by atoms with van der Waals surface area (Å²) in [7, 11) is 1.90. The highest BCUT2D eigenvalue weighted by atomic mass is 79.9. The van der Waals surface area contributed by atoms with Crippen LogP contribution in [0.5, 0.6) is 0 Å². The fraction of sp³-hybridized carbons (Fsp3) is 0.500. The minimum Gasteiger partial charge on any atom is -0.469 e. The number of carbonyl (C=O) groups is 1. The summed E-state index contributed by atoms with van der Waals surface area (Å²) in [6.45, 7) is 3.86. The van der Waals surface area contributed by atoms with Gasteiger partial charge < -0.3 is 14.0 Å². The molecule has 5 nitrogen and oxygen atoms in total. The normalized spacial score (nSPS) is 22.6. The molecule has 18 heavy (non-hydrogen) atoms. The Kier molecular flexibility index (Phi) is 3.75. The molecule has 0 radical (unpaired) electrons. The standard InChI is InChI=1S/C12H15BrN2O3/c1-4-17-12(16)10-11(18-7(2)14-10)8-5-6-9(13)15(8)3/h5-6,10-11H,4H2,1-3H3. The molecule has 0 bridgehead atoms. The average Bonchev–Trinajstić information content (AvgIpc) is 2.85. The van der Waals surface area contributed by atoms with Crippen molar-refractivity contribution < 1.29 is 14.3 Å². The number of rotatable bonds is 3. The van der Waals surface area contributed by atoms with Crippen LogP contribution in [-0.4, -0.2) is 29.1 Å². The minimum atomic E-state index is -0.620. The van der Waals surface area contributed by atoms with Crippen LogP contribution in [0.2, 0.25) is 0 Å². The first kappa shape index (κ1) is 13.1. The lowest BCUT2D eigenvalue weighted by molar-refractivity contribution is -0.146. The number of aliphatic imine (C=N–C) groups is 1. The van der Waals surface area contributed by atoms with E-state index >= 15 is 0 Å². The van der Waals surface area contributed by atoms with Gasteiger partial charge in [0.05, 0.1) is 16.9 Å². The highest BCUT2D eigenvalue weighted by Gasteiger charge is 2.38. The van der Waals surface area contributed by atoms with E-state index < -0.39 is 12.1 Å². The van der Waals surface area contributed by atoms with E-state index in [1.54, 1.807) is 13.8 Å². The lowest BCUT2D eigenvalue weighted by atomic mass is 10.1. The first-order valence-corrected chi connectivity index (χ1v) is 6.52. The molecular weight excluding hydrogens is 300 g/mol. The Hall–Kier alpha value is -1.30. The Labute approximate surface area is 114 Å². The zero-order valence-corrected chi connectivity index (χ0v) is 12.1. The summed E-state index contributed by atoms with van der Waals surface area (Å²) >= 11 is 3.42. The van der Waals surface area contributed by atoms with Gasteiger partial charge in [0.15, 0.2) is 18.0 Å². The number of esters is 1. The highest BCUT2D eigenvalue weighted by Crippen LogP contribution is 2.31. The lowest BCUT2D eigenvalue weighted by Crippen LogP contribution is -2.27. The first-order valence-electron chi connectivity index (χ1n) is 5.73. The molecule has 2 heterocycles. The number of carbonyl (C=O) groups excluding carboxylic acids is 1. The third-order valence-corrected chi connectivity index (χ3v) is 3.62. The van der Waals surface area contributed by atoms with Crippen LogP contribution in [0.4, 0.5) is 0 Å². The SMILES string of the molecule is CCOC(=O)C1N=C(C)OC1c1ccc(Br)n1C. The molecule has 2 atom stereocenters. The summed E-state index contributed by atoms with van der Waals surface area (Å²) in [4.78, 5) is 16.1. The van der Waals surface area contributed by atoms with Gasteiger partial charge in [-0.05, 0) is 35.0 Å². The Bertz CT molecular complexity index is 496. The predicted octanol–water partition coefficient (Wildman–Crippen LogP) is 2.21. The summed E-state index contributed by atoms with van der Waals surface area (Å²) < 4.78 is 13.5. The van der Waals surface area contributed by atoms with E-state index in [9.17, 15) is 4.79 Å². The van der Waals surface area contributed by atoms with Crippen molar-refractivity contribution in [3.8, 4) is 0 Å². The van der Waals surface area contributed by atoms with Crippen LogP contribution >= 0.6 is 15.9 Å². The van der Waals surface area contributed by atoms with Crippen LogP contribution in [0.15, 0.2) is 21.7 Å². The minimum absolute atomic E-state index is 0.341. The summed E-state index contributed by atoms with van der Waals surface area (Å²) in [6.07, 6.45) is -0.416. The van der Waals surface area contributed by atoms with Crippen molar-refractivity contribution in [3.05, 3.63) is 22.4 Å². The second-order valence-electron chi connectivity index (χ2n) is 4.02. The van der Waals surface area contributed by atoms with Crippen molar-refractivity contribution in [3.63, 3.8) is 0 Å². The third-order valence-electron chi connectivity index (χ3n) is 2.82.